The predicted octanol–water partition coefficient (Wildman–Crippen LogP) is 2.48. The van der Waals surface area contributed by atoms with E-state index in [-0.39, 0.29) is 11.6 Å². The van der Waals surface area contributed by atoms with Crippen molar-refractivity contribution in [2.45, 2.75) is 32.9 Å². The molecule has 0 spiro atoms. The van der Waals surface area contributed by atoms with Crippen LogP contribution in [-0.4, -0.2) is 23.9 Å². The highest BCUT2D eigenvalue weighted by atomic mass is 16.5. The number of benzene rings is 1. The van der Waals surface area contributed by atoms with Crippen molar-refractivity contribution >= 4 is 5.91 Å². The second kappa shape index (κ2) is 8.12. The molecule has 1 aliphatic heterocycles. The van der Waals surface area contributed by atoms with E-state index >= 15 is 0 Å². The Hall–Kier alpha value is -2.40. The third-order valence-electron chi connectivity index (χ3n) is 4.75. The molecule has 0 aliphatic carbocycles. The molecule has 1 fully saturated rings. The highest BCUT2D eigenvalue weighted by molar-refractivity contribution is 5.90. The molecule has 5 heteroatoms. The Labute approximate surface area is 148 Å². The monoisotopic (exact) mass is 339 g/mol. The molecule has 25 heavy (non-hydrogen) atoms. The topological polar surface area (TPSA) is 59.3 Å². The van der Waals surface area contributed by atoms with E-state index in [1.165, 1.54) is 30.7 Å². The second-order valence-electron chi connectivity index (χ2n) is 6.85. The molecule has 5 nitrogen and oxygen atoms in total. The lowest BCUT2D eigenvalue weighted by Crippen LogP contribution is -2.39. The van der Waals surface area contributed by atoms with Crippen molar-refractivity contribution in [3.8, 4) is 0 Å². The minimum absolute atomic E-state index is 0.116. The Morgan fingerprint density at radius 2 is 2.00 bits per heavy atom. The van der Waals surface area contributed by atoms with E-state index < -0.39 is 0 Å². The summed E-state index contributed by atoms with van der Waals surface area (Å²) in [6, 6.07) is 13.0. The molecule has 1 aromatic carbocycles. The fourth-order valence-electron chi connectivity index (χ4n) is 3.43. The van der Waals surface area contributed by atoms with Gasteiger partial charge in [-0.2, -0.15) is 4.73 Å². The number of piperidine rings is 1. The minimum Gasteiger partial charge on any atom is -0.618 e. The fourth-order valence-corrected chi connectivity index (χ4v) is 3.43. The molecular weight excluding hydrogens is 314 g/mol. The van der Waals surface area contributed by atoms with Crippen molar-refractivity contribution < 1.29 is 9.52 Å². The summed E-state index contributed by atoms with van der Waals surface area (Å²) in [5, 5.41) is 14.5. The van der Waals surface area contributed by atoms with E-state index in [4.69, 9.17) is 0 Å². The van der Waals surface area contributed by atoms with E-state index in [9.17, 15) is 10.0 Å². The first-order valence-electron chi connectivity index (χ1n) is 8.89. The highest BCUT2D eigenvalue weighted by Gasteiger charge is 2.18. The maximum Gasteiger partial charge on any atom is 0.317 e. The quantitative estimate of drug-likeness (QED) is 0.672. The largest absolute Gasteiger partial charge is 0.618 e. The number of carbonyl (C=O) groups excluding carboxylic acids is 1. The van der Waals surface area contributed by atoms with Gasteiger partial charge >= 0.3 is 5.91 Å². The number of amides is 1. The molecule has 3 rings (SSSR count). The number of nitrogens with one attached hydrogen (secondary N) is 1. The number of rotatable bonds is 5. The van der Waals surface area contributed by atoms with Crippen LogP contribution in [0.1, 0.15) is 41.4 Å². The first-order valence-corrected chi connectivity index (χ1v) is 8.89. The average Bonchev–Trinajstić information content (AvgIpc) is 2.61. The van der Waals surface area contributed by atoms with E-state index in [2.05, 4.69) is 23.2 Å². The molecule has 2 aromatic rings. The Morgan fingerprint density at radius 1 is 1.24 bits per heavy atom. The van der Waals surface area contributed by atoms with Gasteiger partial charge in [0.25, 0.3) is 5.69 Å². The lowest BCUT2D eigenvalue weighted by Gasteiger charge is -2.31. The standard InChI is InChI=1S/C20H25N3O2/c1-16-7-6-11-22(14-16)15-18-9-3-2-8-17(18)13-21-20(24)19-10-4-5-12-23(19)25/h2-5,8-10,12,16H,6-7,11,13-15H2,1H3,(H,21,24). The van der Waals surface area contributed by atoms with Crippen molar-refractivity contribution in [1.82, 2.24) is 10.2 Å². The number of likely N-dealkylation sites (tertiary alicyclic amines) is 1. The van der Waals surface area contributed by atoms with Gasteiger partial charge in [0.05, 0.1) is 0 Å². The molecule has 1 unspecified atom stereocenters. The molecule has 1 atom stereocenters. The molecule has 132 valence electrons. The zero-order valence-electron chi connectivity index (χ0n) is 14.6. The second-order valence-corrected chi connectivity index (χ2v) is 6.85. The number of aromatic nitrogens is 1. The van der Waals surface area contributed by atoms with Crippen LogP contribution in [0.5, 0.6) is 0 Å². The molecule has 1 aliphatic rings. The van der Waals surface area contributed by atoms with Crippen LogP contribution in [-0.2, 0) is 13.1 Å². The smallest absolute Gasteiger partial charge is 0.317 e. The van der Waals surface area contributed by atoms with Gasteiger partial charge in [-0.3, -0.25) is 9.69 Å². The zero-order valence-corrected chi connectivity index (χ0v) is 14.6. The average molecular weight is 339 g/mol. The van der Waals surface area contributed by atoms with Crippen molar-refractivity contribution in [2.24, 2.45) is 5.92 Å². The van der Waals surface area contributed by atoms with Gasteiger partial charge < -0.3 is 10.5 Å². The third-order valence-corrected chi connectivity index (χ3v) is 4.75. The maximum absolute atomic E-state index is 12.2. The third kappa shape index (κ3) is 4.57. The number of hydrogen-bond acceptors (Lipinski definition) is 3. The summed E-state index contributed by atoms with van der Waals surface area (Å²) in [6.07, 6.45) is 3.89. The molecule has 2 heterocycles. The molecule has 1 aromatic heterocycles. The maximum atomic E-state index is 12.2. The van der Waals surface area contributed by atoms with Crippen LogP contribution in [0.2, 0.25) is 0 Å². The number of carbonyl (C=O) groups is 1. The Balaban J connectivity index is 1.65. The van der Waals surface area contributed by atoms with E-state index in [0.29, 0.717) is 11.3 Å². The molecule has 0 radical (unpaired) electrons. The van der Waals surface area contributed by atoms with E-state index in [0.717, 1.165) is 31.1 Å². The summed E-state index contributed by atoms with van der Waals surface area (Å²) in [7, 11) is 0. The summed E-state index contributed by atoms with van der Waals surface area (Å²) in [4.78, 5) is 14.7. The van der Waals surface area contributed by atoms with Crippen LogP contribution < -0.4 is 10.0 Å². The molecule has 0 bridgehead atoms. The van der Waals surface area contributed by atoms with Crippen molar-refractivity contribution in [3.05, 3.63) is 70.7 Å². The number of pyridine rings is 1. The Morgan fingerprint density at radius 3 is 2.76 bits per heavy atom. The summed E-state index contributed by atoms with van der Waals surface area (Å²) in [6.45, 7) is 5.89. The van der Waals surface area contributed by atoms with E-state index in [1.807, 2.05) is 18.2 Å². The predicted molar refractivity (Wildman–Crippen MR) is 96.7 cm³/mol. The van der Waals surface area contributed by atoms with Gasteiger partial charge in [-0.15, -0.1) is 0 Å². The summed E-state index contributed by atoms with van der Waals surface area (Å²) in [5.41, 5.74) is 2.45. The molecule has 1 saturated heterocycles. The normalized spacial score (nSPS) is 18.0. The van der Waals surface area contributed by atoms with Gasteiger partial charge in [0, 0.05) is 31.8 Å². The van der Waals surface area contributed by atoms with Gasteiger partial charge in [-0.25, -0.2) is 0 Å². The van der Waals surface area contributed by atoms with Crippen molar-refractivity contribution in [2.75, 3.05) is 13.1 Å². The summed E-state index contributed by atoms with van der Waals surface area (Å²) < 4.78 is 0.594. The van der Waals surface area contributed by atoms with Gasteiger partial charge in [0.1, 0.15) is 0 Å². The lowest BCUT2D eigenvalue weighted by atomic mass is 9.99. The number of nitrogens with zero attached hydrogens (tertiary/aromatic N) is 2. The number of hydrogen-bond donors (Lipinski definition) is 1. The van der Waals surface area contributed by atoms with Gasteiger partial charge in [-0.1, -0.05) is 31.2 Å². The highest BCUT2D eigenvalue weighted by Crippen LogP contribution is 2.19. The van der Waals surface area contributed by atoms with E-state index in [1.54, 1.807) is 12.1 Å². The first kappa shape index (κ1) is 17.4. The van der Waals surface area contributed by atoms with Crippen molar-refractivity contribution in [3.63, 3.8) is 0 Å². The fraction of sp³-hybridized carbons (Fsp3) is 0.400. The van der Waals surface area contributed by atoms with Gasteiger partial charge in [-0.05, 0) is 42.5 Å². The lowest BCUT2D eigenvalue weighted by molar-refractivity contribution is -0.607. The molecule has 1 N–H and O–H groups in total. The van der Waals surface area contributed by atoms with Crippen LogP contribution in [0.25, 0.3) is 0 Å². The Kier molecular flexibility index (Phi) is 5.66. The van der Waals surface area contributed by atoms with Crippen molar-refractivity contribution in [1.29, 1.82) is 0 Å². The summed E-state index contributed by atoms with van der Waals surface area (Å²) in [5.74, 6) is 0.392. The van der Waals surface area contributed by atoms with Crippen LogP contribution >= 0.6 is 0 Å². The molecular formula is C20H25N3O2. The van der Waals surface area contributed by atoms with Crippen LogP contribution in [0, 0.1) is 11.1 Å². The van der Waals surface area contributed by atoms with Gasteiger partial charge in [0.2, 0.25) is 0 Å². The Bertz CT molecular complexity index is 732. The first-order chi connectivity index (χ1) is 12.1. The van der Waals surface area contributed by atoms with Crippen LogP contribution in [0.15, 0.2) is 48.7 Å². The zero-order chi connectivity index (χ0) is 17.6. The molecule has 1 amide bonds. The van der Waals surface area contributed by atoms with Crippen LogP contribution in [0.3, 0.4) is 0 Å². The van der Waals surface area contributed by atoms with Gasteiger partial charge in [0.15, 0.2) is 6.20 Å². The molecule has 0 saturated carbocycles. The SMILES string of the molecule is CC1CCCN(Cc2ccccc2CNC(=O)c2cccc[n+]2[O-])C1. The van der Waals surface area contributed by atoms with Crippen LogP contribution in [0.4, 0.5) is 0 Å². The summed E-state index contributed by atoms with van der Waals surface area (Å²) >= 11 is 0. The minimum atomic E-state index is -0.350.